The zero-order valence-electron chi connectivity index (χ0n) is 14.4. The van der Waals surface area contributed by atoms with Crippen LogP contribution in [0, 0.1) is 6.92 Å². The third kappa shape index (κ3) is 3.13. The largest absolute Gasteiger partial charge is 0.322 e. The van der Waals surface area contributed by atoms with Crippen LogP contribution < -0.4 is 10.2 Å². The molecule has 26 heavy (non-hydrogen) atoms. The Morgan fingerprint density at radius 2 is 1.88 bits per heavy atom. The van der Waals surface area contributed by atoms with Crippen molar-refractivity contribution in [1.29, 1.82) is 0 Å². The van der Waals surface area contributed by atoms with E-state index in [1.54, 1.807) is 4.90 Å². The lowest BCUT2D eigenvalue weighted by Gasteiger charge is -2.17. The zero-order chi connectivity index (χ0) is 18.1. The van der Waals surface area contributed by atoms with Crippen LogP contribution in [-0.4, -0.2) is 18.4 Å². The van der Waals surface area contributed by atoms with E-state index in [1.165, 1.54) is 11.3 Å². The van der Waals surface area contributed by atoms with Gasteiger partial charge in [0.05, 0.1) is 4.88 Å². The van der Waals surface area contributed by atoms with Gasteiger partial charge in [0.1, 0.15) is 0 Å². The molecule has 0 fully saturated rings. The third-order valence-corrected chi connectivity index (χ3v) is 5.39. The van der Waals surface area contributed by atoms with Crippen molar-refractivity contribution in [3.05, 3.63) is 81.5 Å². The number of carbonyl (C=O) groups is 2. The van der Waals surface area contributed by atoms with Crippen molar-refractivity contribution in [2.45, 2.75) is 13.3 Å². The van der Waals surface area contributed by atoms with Crippen molar-refractivity contribution in [3.8, 4) is 0 Å². The topological polar surface area (TPSA) is 49.4 Å². The van der Waals surface area contributed by atoms with E-state index in [2.05, 4.69) is 5.32 Å². The number of fused-ring (bicyclic) bond motifs is 1. The van der Waals surface area contributed by atoms with Crippen LogP contribution in [-0.2, 0) is 6.42 Å². The standard InChI is InChI=1S/C21H18N2O2S/c1-14-4-6-16(7-5-14)20(24)22-17-9-8-15-10-11-23(18(15)13-17)21(25)19-3-2-12-26-19/h2-9,12-13H,10-11H2,1H3,(H,22,24). The fourth-order valence-corrected chi connectivity index (χ4v) is 3.78. The van der Waals surface area contributed by atoms with Crippen molar-refractivity contribution in [2.24, 2.45) is 0 Å². The highest BCUT2D eigenvalue weighted by Gasteiger charge is 2.26. The molecule has 1 aliphatic rings. The zero-order valence-corrected chi connectivity index (χ0v) is 15.2. The van der Waals surface area contributed by atoms with Gasteiger partial charge in [-0.2, -0.15) is 0 Å². The summed E-state index contributed by atoms with van der Waals surface area (Å²) in [5, 5.41) is 4.83. The van der Waals surface area contributed by atoms with E-state index in [0.717, 1.165) is 28.1 Å². The van der Waals surface area contributed by atoms with Crippen LogP contribution in [0.3, 0.4) is 0 Å². The van der Waals surface area contributed by atoms with Crippen molar-refractivity contribution in [1.82, 2.24) is 0 Å². The highest BCUT2D eigenvalue weighted by molar-refractivity contribution is 7.12. The number of carbonyl (C=O) groups excluding carboxylic acids is 2. The Bertz CT molecular complexity index is 962. The second-order valence-electron chi connectivity index (χ2n) is 6.35. The minimum absolute atomic E-state index is 0.0146. The van der Waals surface area contributed by atoms with Crippen LogP contribution in [0.1, 0.15) is 31.2 Å². The minimum atomic E-state index is -0.154. The normalized spacial score (nSPS) is 12.7. The molecule has 4 nitrogen and oxygen atoms in total. The molecule has 2 aromatic carbocycles. The highest BCUT2D eigenvalue weighted by atomic mass is 32.1. The number of aryl methyl sites for hydroxylation is 1. The number of nitrogens with one attached hydrogen (secondary N) is 1. The van der Waals surface area contributed by atoms with Gasteiger partial charge in [0.2, 0.25) is 0 Å². The number of anilines is 2. The monoisotopic (exact) mass is 362 g/mol. The molecule has 0 unspecified atom stereocenters. The first-order chi connectivity index (χ1) is 12.6. The lowest BCUT2D eigenvalue weighted by atomic mass is 10.1. The number of rotatable bonds is 3. The van der Waals surface area contributed by atoms with E-state index in [-0.39, 0.29) is 11.8 Å². The summed E-state index contributed by atoms with van der Waals surface area (Å²) in [5.41, 5.74) is 4.43. The Morgan fingerprint density at radius 3 is 2.62 bits per heavy atom. The summed E-state index contributed by atoms with van der Waals surface area (Å²) in [7, 11) is 0. The maximum absolute atomic E-state index is 12.7. The van der Waals surface area contributed by atoms with E-state index in [9.17, 15) is 9.59 Å². The summed E-state index contributed by atoms with van der Waals surface area (Å²) in [6.07, 6.45) is 0.832. The summed E-state index contributed by atoms with van der Waals surface area (Å²) in [5.74, 6) is -0.139. The Kier molecular flexibility index (Phi) is 4.31. The SMILES string of the molecule is Cc1ccc(C(=O)Nc2ccc3c(c2)N(C(=O)c2cccs2)CC3)cc1. The smallest absolute Gasteiger partial charge is 0.268 e. The van der Waals surface area contributed by atoms with Gasteiger partial charge in [-0.15, -0.1) is 11.3 Å². The molecule has 0 spiro atoms. The van der Waals surface area contributed by atoms with Gasteiger partial charge < -0.3 is 10.2 Å². The molecule has 4 rings (SSSR count). The molecule has 5 heteroatoms. The maximum Gasteiger partial charge on any atom is 0.268 e. The number of thiophene rings is 1. The molecule has 0 saturated heterocycles. The number of hydrogen-bond donors (Lipinski definition) is 1. The summed E-state index contributed by atoms with van der Waals surface area (Å²) in [6, 6.07) is 16.9. The van der Waals surface area contributed by atoms with Gasteiger partial charge in [0, 0.05) is 23.5 Å². The highest BCUT2D eigenvalue weighted by Crippen LogP contribution is 2.32. The first-order valence-electron chi connectivity index (χ1n) is 8.48. The molecule has 1 N–H and O–H groups in total. The maximum atomic E-state index is 12.7. The van der Waals surface area contributed by atoms with Crippen molar-refractivity contribution in [2.75, 3.05) is 16.8 Å². The summed E-state index contributed by atoms with van der Waals surface area (Å²) < 4.78 is 0. The van der Waals surface area contributed by atoms with Crippen molar-refractivity contribution < 1.29 is 9.59 Å². The van der Waals surface area contributed by atoms with Gasteiger partial charge in [-0.3, -0.25) is 9.59 Å². The van der Waals surface area contributed by atoms with Gasteiger partial charge >= 0.3 is 0 Å². The molecule has 2 heterocycles. The van der Waals surface area contributed by atoms with Crippen molar-refractivity contribution in [3.63, 3.8) is 0 Å². The Hall–Kier alpha value is -2.92. The fourth-order valence-electron chi connectivity index (χ4n) is 3.11. The van der Waals surface area contributed by atoms with Crippen LogP contribution >= 0.6 is 11.3 Å². The first kappa shape index (κ1) is 16.5. The van der Waals surface area contributed by atoms with Crippen LogP contribution in [0.4, 0.5) is 11.4 Å². The lowest BCUT2D eigenvalue weighted by Crippen LogP contribution is -2.28. The molecule has 1 aliphatic heterocycles. The molecular weight excluding hydrogens is 344 g/mol. The number of nitrogens with zero attached hydrogens (tertiary/aromatic N) is 1. The molecule has 0 saturated carbocycles. The average molecular weight is 362 g/mol. The summed E-state index contributed by atoms with van der Waals surface area (Å²) in [6.45, 7) is 2.66. The average Bonchev–Trinajstić information content (AvgIpc) is 3.31. The lowest BCUT2D eigenvalue weighted by molar-refractivity contribution is 0.0991. The van der Waals surface area contributed by atoms with E-state index in [0.29, 0.717) is 17.8 Å². The Balaban J connectivity index is 1.57. The van der Waals surface area contributed by atoms with Crippen molar-refractivity contribution >= 4 is 34.5 Å². The Labute approximate surface area is 156 Å². The van der Waals surface area contributed by atoms with Crippen LogP contribution in [0.25, 0.3) is 0 Å². The van der Waals surface area contributed by atoms with Crippen LogP contribution in [0.2, 0.25) is 0 Å². The van der Waals surface area contributed by atoms with Crippen LogP contribution in [0.15, 0.2) is 60.0 Å². The quantitative estimate of drug-likeness (QED) is 0.745. The predicted molar refractivity (Wildman–Crippen MR) is 105 cm³/mol. The molecule has 130 valence electrons. The second kappa shape index (κ2) is 6.77. The van der Waals surface area contributed by atoms with Crippen LogP contribution in [0.5, 0.6) is 0 Å². The van der Waals surface area contributed by atoms with Gasteiger partial charge in [-0.25, -0.2) is 0 Å². The van der Waals surface area contributed by atoms with E-state index >= 15 is 0 Å². The molecule has 0 aliphatic carbocycles. The molecule has 0 bridgehead atoms. The van der Waals surface area contributed by atoms with Gasteiger partial charge in [0.25, 0.3) is 11.8 Å². The number of benzene rings is 2. The van der Waals surface area contributed by atoms with Gasteiger partial charge in [-0.05, 0) is 54.6 Å². The van der Waals surface area contributed by atoms with E-state index in [4.69, 9.17) is 0 Å². The molecule has 0 radical (unpaired) electrons. The predicted octanol–water partition coefficient (Wildman–Crippen LogP) is 4.51. The summed E-state index contributed by atoms with van der Waals surface area (Å²) in [4.78, 5) is 27.7. The third-order valence-electron chi connectivity index (χ3n) is 4.53. The molecule has 2 amide bonds. The van der Waals surface area contributed by atoms with E-state index < -0.39 is 0 Å². The van der Waals surface area contributed by atoms with Gasteiger partial charge in [-0.1, -0.05) is 29.8 Å². The number of hydrogen-bond acceptors (Lipinski definition) is 3. The Morgan fingerprint density at radius 1 is 1.08 bits per heavy atom. The molecular formula is C21H18N2O2S. The van der Waals surface area contributed by atoms with E-state index in [1.807, 2.05) is 66.9 Å². The second-order valence-corrected chi connectivity index (χ2v) is 7.30. The first-order valence-corrected chi connectivity index (χ1v) is 9.36. The minimum Gasteiger partial charge on any atom is -0.322 e. The molecule has 0 atom stereocenters. The van der Waals surface area contributed by atoms with Gasteiger partial charge in [0.15, 0.2) is 0 Å². The molecule has 1 aromatic heterocycles. The summed E-state index contributed by atoms with van der Waals surface area (Å²) >= 11 is 1.44. The molecule has 3 aromatic rings. The fraction of sp³-hybridized carbons (Fsp3) is 0.143. The number of amides is 2.